The molecule has 0 aliphatic rings. The second-order valence-electron chi connectivity index (χ2n) is 21.7. The van der Waals surface area contributed by atoms with Gasteiger partial charge in [0.2, 0.25) is 0 Å². The molecule has 0 aliphatic carbocycles. The number of hydrogen-bond acceptors (Lipinski definition) is 13. The van der Waals surface area contributed by atoms with Crippen LogP contribution in [0.3, 0.4) is 0 Å². The van der Waals surface area contributed by atoms with Gasteiger partial charge in [0.1, 0.15) is 5.69 Å². The van der Waals surface area contributed by atoms with Crippen molar-refractivity contribution < 1.29 is 168 Å². The summed E-state index contributed by atoms with van der Waals surface area (Å²) >= 11 is 1.73. The molecule has 0 spiro atoms. The number of aliphatic hydroxyl groups is 2. The first-order valence-corrected chi connectivity index (χ1v) is 33.1. The second-order valence-corrected chi connectivity index (χ2v) is 22.8. The average Bonchev–Trinajstić information content (AvgIpc) is 1.75. The number of aromatic carboxylic acids is 1. The first kappa shape index (κ1) is 100. The molecule has 15 aromatic rings. The number of carboxylic acid groups (broad SMARTS) is 1. The van der Waals surface area contributed by atoms with E-state index >= 15 is 0 Å². The molecule has 0 saturated carbocycles. The van der Waals surface area contributed by atoms with Gasteiger partial charge in [0.25, 0.3) is 0 Å². The van der Waals surface area contributed by atoms with Gasteiger partial charge in [0, 0.05) is 205 Å². The molecule has 6 radical (unpaired) electrons. The Morgan fingerprint density at radius 3 is 1.10 bits per heavy atom. The normalized spacial score (nSPS) is 9.68. The number of halogens is 4. The van der Waals surface area contributed by atoms with Crippen LogP contribution < -0.4 is 0 Å². The van der Waals surface area contributed by atoms with Gasteiger partial charge < -0.3 is 45.2 Å². The van der Waals surface area contributed by atoms with Crippen molar-refractivity contribution in [2.45, 2.75) is 27.7 Å². The van der Waals surface area contributed by atoms with Gasteiger partial charge in [-0.05, 0) is 125 Å². The molecule has 0 fully saturated rings. The summed E-state index contributed by atoms with van der Waals surface area (Å²) in [4.78, 5) is 60.0. The molecule has 0 bridgehead atoms. The van der Waals surface area contributed by atoms with Gasteiger partial charge in [-0.2, -0.15) is 0 Å². The second kappa shape index (κ2) is 56.5. The Balaban J connectivity index is 0.000000633. The van der Waals surface area contributed by atoms with E-state index in [0.29, 0.717) is 11.4 Å². The maximum Gasteiger partial charge on any atom is 0.354 e. The van der Waals surface area contributed by atoms with Crippen molar-refractivity contribution in [1.29, 1.82) is 0 Å². The summed E-state index contributed by atoms with van der Waals surface area (Å²) in [6.07, 6.45) is 14.1. The number of allylic oxidation sites excluding steroid dienone is 4. The number of ketones is 2. The van der Waals surface area contributed by atoms with Crippen LogP contribution in [-0.4, -0.2) is 67.7 Å². The van der Waals surface area contributed by atoms with Crippen molar-refractivity contribution in [3.8, 4) is 66.9 Å². The molecule has 112 heavy (non-hydrogen) atoms. The van der Waals surface area contributed by atoms with Gasteiger partial charge in [-0.25, -0.2) is 21.1 Å². The number of pyridine rings is 7. The number of hydrogen-bond donors (Lipinski definition) is 3. The van der Waals surface area contributed by atoms with Crippen LogP contribution in [0.4, 0.5) is 17.6 Å². The molecule has 584 valence electrons. The van der Waals surface area contributed by atoms with Gasteiger partial charge >= 0.3 is 5.97 Å². The third kappa shape index (κ3) is 36.6. The Labute approximate surface area is 733 Å². The molecule has 24 heteroatoms. The molecule has 0 saturated heterocycles. The van der Waals surface area contributed by atoms with Gasteiger partial charge in [0.05, 0.1) is 11.5 Å². The first-order chi connectivity index (χ1) is 51.4. The van der Waals surface area contributed by atoms with Crippen molar-refractivity contribution in [3.05, 3.63) is 393 Å². The smallest absolute Gasteiger partial charge is 0.354 e. The van der Waals surface area contributed by atoms with Crippen molar-refractivity contribution in [2.75, 3.05) is 0 Å². The number of nitrogens with zero attached hydrogens (tertiary/aromatic N) is 7. The van der Waals surface area contributed by atoms with Crippen LogP contribution in [0.2, 0.25) is 0 Å². The molecular weight excluding hydrogens is 2510 g/mol. The molecule has 15 rings (SSSR count). The van der Waals surface area contributed by atoms with E-state index in [1.165, 1.54) is 73.0 Å². The fourth-order valence-corrected chi connectivity index (χ4v) is 9.92. The minimum Gasteiger partial charge on any atom is -0.512 e. The minimum atomic E-state index is -0.990. The fraction of sp³-hybridized carbons (Fsp3) is 0.0455. The molecule has 0 unspecified atom stereocenters. The Morgan fingerprint density at radius 1 is 0.375 bits per heavy atom. The summed E-state index contributed by atoms with van der Waals surface area (Å²) in [6, 6.07) is 96.5. The van der Waals surface area contributed by atoms with Crippen molar-refractivity contribution in [3.63, 3.8) is 0 Å². The topological polar surface area (TPSA) is 202 Å². The molecule has 0 atom stereocenters. The van der Waals surface area contributed by atoms with E-state index in [-0.39, 0.29) is 161 Å². The van der Waals surface area contributed by atoms with Gasteiger partial charge in [-0.1, -0.05) is 126 Å². The number of fused-ring (bicyclic) bond motifs is 2. The third-order valence-electron chi connectivity index (χ3n) is 13.4. The average molecular weight is 2580 g/mol. The van der Waals surface area contributed by atoms with Gasteiger partial charge in [-0.15, -0.1) is 156 Å². The summed E-state index contributed by atoms with van der Waals surface area (Å²) in [5.74, 6) is -3.69. The Kier molecular flexibility index (Phi) is 50.6. The van der Waals surface area contributed by atoms with Crippen LogP contribution in [-0.2, 0) is 130 Å². The number of rotatable bonds is 9. The molecule has 8 heterocycles. The zero-order valence-corrected chi connectivity index (χ0v) is 74.8. The number of carbonyl (C=O) groups is 3. The van der Waals surface area contributed by atoms with E-state index < -0.39 is 29.2 Å². The minimum absolute atomic E-state index is 0. The number of carboxylic acids is 1. The van der Waals surface area contributed by atoms with Crippen LogP contribution in [0.1, 0.15) is 38.2 Å². The largest absolute Gasteiger partial charge is 0.512 e. The first-order valence-electron chi connectivity index (χ1n) is 32.3. The van der Waals surface area contributed by atoms with Crippen LogP contribution in [0, 0.1) is 59.7 Å². The quantitative estimate of drug-likeness (QED) is 0.0534. The molecule has 8 aromatic heterocycles. The van der Waals surface area contributed by atoms with Crippen molar-refractivity contribution in [1.82, 2.24) is 34.9 Å². The maximum atomic E-state index is 13.2. The summed E-state index contributed by atoms with van der Waals surface area (Å²) in [7, 11) is 0. The van der Waals surface area contributed by atoms with E-state index in [4.69, 9.17) is 15.3 Å². The van der Waals surface area contributed by atoms with Crippen molar-refractivity contribution >= 4 is 49.7 Å². The van der Waals surface area contributed by atoms with E-state index in [0.717, 1.165) is 68.6 Å². The van der Waals surface area contributed by atoms with Crippen LogP contribution in [0.5, 0.6) is 0 Å². The van der Waals surface area contributed by atoms with Crippen molar-refractivity contribution in [2.24, 2.45) is 0 Å². The zero-order chi connectivity index (χ0) is 75.7. The summed E-state index contributed by atoms with van der Waals surface area (Å²) in [6.45, 7) is 5.70. The predicted octanol–water partition coefficient (Wildman–Crippen LogP) is 21.1. The van der Waals surface area contributed by atoms with E-state index in [1.54, 1.807) is 84.7 Å². The Morgan fingerprint density at radius 2 is 0.750 bits per heavy atom. The predicted molar refractivity (Wildman–Crippen MR) is 409 cm³/mol. The number of aliphatic hydroxyl groups excluding tert-OH is 2. The molecular formula is C88H67F4Ir6N7O6S-6. The van der Waals surface area contributed by atoms with Crippen LogP contribution in [0.15, 0.2) is 328 Å². The van der Waals surface area contributed by atoms with E-state index in [9.17, 15) is 31.9 Å². The maximum absolute atomic E-state index is 13.2. The number of carbonyl (C=O) groups excluding carboxylic acids is 2. The number of benzene rings is 7. The molecule has 0 amide bonds. The molecule has 13 nitrogen and oxygen atoms in total. The Hall–Kier alpha value is -9.68. The van der Waals surface area contributed by atoms with Gasteiger partial charge in [-0.3, -0.25) is 27.2 Å². The SMILES string of the molecule is CC(=O)C=C(C)O.CC(=O)C=C(C)O.Fc1c[c-]c(-c2ccccn2)c(F)c1.Fc1c[c-]c(-c2ccccn2)c(F)c1.O=C(O)c1ccccn1.[Ir].[Ir].[Ir].[Ir].[Ir].[Ir].[c-]1c(-c2ccccn2)sc2ccccc12.[c-]1ccccc1-c1ccccn1.[c-]1ccccc1-c1ccccn1.[c-]1ccccc1-c1nccc2ccccc12. The monoisotopic (exact) mass is 2580 g/mol. The van der Waals surface area contributed by atoms with Gasteiger partial charge in [0.15, 0.2) is 11.6 Å². The Bertz CT molecular complexity index is 4900. The number of thiophene rings is 1. The van der Waals surface area contributed by atoms with Crippen LogP contribution in [0.25, 0.3) is 87.7 Å². The summed E-state index contributed by atoms with van der Waals surface area (Å²) in [5.41, 5.74) is 8.41. The third-order valence-corrected chi connectivity index (χ3v) is 14.5. The molecule has 0 aliphatic heterocycles. The number of aromatic nitrogens is 7. The summed E-state index contributed by atoms with van der Waals surface area (Å²) < 4.78 is 52.9. The summed E-state index contributed by atoms with van der Waals surface area (Å²) in [5, 5.41) is 28.6. The standard InChI is InChI=1S/C15H10N.C13H8NS.2C11H6F2N.2C11H8N.C6H5NO2.2C5H8O2.6Ir/c1-2-7-13(8-3-1)15-14-9-5-4-6-12(14)10-11-16-15;1-2-7-12-10(5-1)9-13(15-12)11-6-3-4-8-14-11;2*12-8-4-5-9(10(13)7-8)11-3-1-2-6-14-11;2*1-2-6-10(7-3-1)11-8-4-5-9-12-11;8-6(9)5-3-1-2-4-7-5;2*1-4(6)3-5(2)7;;;;;;/h1-7,9-11H;1-8H;2*1-4,6-7H;2*1-6,8-9H;1-4H,(H,8,9);2*3,6H,1-2H3;;;;;;/q6*-1;;;;;;;;;. The zero-order valence-electron chi connectivity index (χ0n) is 59.6. The fourth-order valence-electron chi connectivity index (χ4n) is 8.94. The van der Waals surface area contributed by atoms with Crippen LogP contribution >= 0.6 is 11.3 Å². The van der Waals surface area contributed by atoms with E-state index in [1.807, 2.05) is 164 Å². The molecule has 3 N–H and O–H groups in total. The molecule has 7 aromatic carbocycles. The van der Waals surface area contributed by atoms with E-state index in [2.05, 4.69) is 102 Å².